The van der Waals surface area contributed by atoms with Gasteiger partial charge in [-0.05, 0) is 68.2 Å². The highest BCUT2D eigenvalue weighted by Crippen LogP contribution is 2.66. The molecule has 7 rings (SSSR count). The van der Waals surface area contributed by atoms with Gasteiger partial charge < -0.3 is 25.2 Å². The van der Waals surface area contributed by atoms with Crippen LogP contribution in [0.2, 0.25) is 0 Å². The first-order valence-electron chi connectivity index (χ1n) is 13.5. The predicted octanol–water partition coefficient (Wildman–Crippen LogP) is 3.17. The number of likely N-dealkylation sites (tertiary alicyclic amines) is 1. The number of amides is 2. The maximum atomic E-state index is 13.3. The predicted molar refractivity (Wildman–Crippen MR) is 135 cm³/mol. The topological polar surface area (TPSA) is 85.3 Å². The number of benzene rings is 2. The minimum atomic E-state index is -0.936. The SMILES string of the molecule is CN(C(=O)NCc1ccccc1)[C@@H]1CC[C@@]2(O)[C@H]3Cc4ccc(O)c5c4[C@@]2(CCN3CC2CC2)[C@H]1O5. The highest BCUT2D eigenvalue weighted by molar-refractivity contribution is 5.75. The van der Waals surface area contributed by atoms with Gasteiger partial charge in [0.1, 0.15) is 6.10 Å². The van der Waals surface area contributed by atoms with Gasteiger partial charge in [0.2, 0.25) is 0 Å². The number of hydrogen-bond acceptors (Lipinski definition) is 5. The molecule has 0 unspecified atom stereocenters. The fraction of sp³-hybridized carbons (Fsp3) is 0.552. The number of phenols is 1. The summed E-state index contributed by atoms with van der Waals surface area (Å²) in [6.07, 6.45) is 5.02. The van der Waals surface area contributed by atoms with Crippen molar-refractivity contribution >= 4 is 6.03 Å². The maximum absolute atomic E-state index is 13.3. The van der Waals surface area contributed by atoms with E-state index in [1.165, 1.54) is 18.4 Å². The molecule has 5 atom stereocenters. The van der Waals surface area contributed by atoms with Gasteiger partial charge in [0.25, 0.3) is 0 Å². The molecule has 5 aliphatic rings. The highest BCUT2D eigenvalue weighted by Gasteiger charge is 2.73. The van der Waals surface area contributed by atoms with Gasteiger partial charge in [-0.15, -0.1) is 0 Å². The molecule has 190 valence electrons. The first-order chi connectivity index (χ1) is 17.4. The Morgan fingerprint density at radius 3 is 2.75 bits per heavy atom. The van der Waals surface area contributed by atoms with Gasteiger partial charge in [0.05, 0.1) is 17.1 Å². The van der Waals surface area contributed by atoms with Gasteiger partial charge >= 0.3 is 6.03 Å². The third-order valence-corrected chi connectivity index (χ3v) is 9.84. The smallest absolute Gasteiger partial charge is 0.317 e. The Hall–Kier alpha value is -2.77. The molecule has 2 heterocycles. The van der Waals surface area contributed by atoms with E-state index >= 15 is 0 Å². The fourth-order valence-electron chi connectivity index (χ4n) is 7.90. The molecule has 0 aromatic heterocycles. The lowest BCUT2D eigenvalue weighted by Crippen LogP contribution is -2.78. The Balaban J connectivity index is 1.23. The Morgan fingerprint density at radius 2 is 1.97 bits per heavy atom. The second-order valence-corrected chi connectivity index (χ2v) is 11.7. The third-order valence-electron chi connectivity index (χ3n) is 9.84. The molecule has 3 aliphatic carbocycles. The number of aromatic hydroxyl groups is 1. The van der Waals surface area contributed by atoms with E-state index in [1.54, 1.807) is 11.0 Å². The lowest BCUT2D eigenvalue weighted by molar-refractivity contribution is -0.197. The largest absolute Gasteiger partial charge is 0.504 e. The number of hydrogen-bond donors (Lipinski definition) is 3. The van der Waals surface area contributed by atoms with Gasteiger partial charge in [0.15, 0.2) is 11.5 Å². The van der Waals surface area contributed by atoms with Crippen molar-refractivity contribution in [2.75, 3.05) is 20.1 Å². The van der Waals surface area contributed by atoms with Crippen molar-refractivity contribution in [3.8, 4) is 11.5 Å². The number of urea groups is 1. The molecule has 0 radical (unpaired) electrons. The first-order valence-corrected chi connectivity index (χ1v) is 13.5. The Kier molecular flexibility index (Phi) is 4.90. The van der Waals surface area contributed by atoms with Crippen molar-refractivity contribution in [1.82, 2.24) is 15.1 Å². The van der Waals surface area contributed by atoms with Crippen LogP contribution in [0, 0.1) is 5.92 Å². The number of nitrogens with one attached hydrogen (secondary N) is 1. The molecule has 1 spiro atoms. The van der Waals surface area contributed by atoms with E-state index in [1.807, 2.05) is 43.4 Å². The quantitative estimate of drug-likeness (QED) is 0.601. The molecule has 36 heavy (non-hydrogen) atoms. The number of piperidine rings is 1. The van der Waals surface area contributed by atoms with Gasteiger partial charge in [-0.1, -0.05) is 36.4 Å². The van der Waals surface area contributed by atoms with Crippen molar-refractivity contribution in [3.63, 3.8) is 0 Å². The van der Waals surface area contributed by atoms with Crippen molar-refractivity contribution in [2.45, 2.75) is 74.3 Å². The number of carbonyl (C=O) groups excluding carboxylic acids is 1. The number of rotatable bonds is 5. The summed E-state index contributed by atoms with van der Waals surface area (Å²) >= 11 is 0. The van der Waals surface area contributed by atoms with Crippen LogP contribution in [-0.2, 0) is 18.4 Å². The monoisotopic (exact) mass is 489 g/mol. The highest BCUT2D eigenvalue weighted by atomic mass is 16.5. The normalized spacial score (nSPS) is 34.0. The number of phenolic OH excluding ortho intramolecular Hbond substituents is 1. The molecular weight excluding hydrogens is 454 g/mol. The molecule has 7 heteroatoms. The van der Waals surface area contributed by atoms with E-state index in [9.17, 15) is 15.0 Å². The molecule has 2 aromatic rings. The lowest BCUT2D eigenvalue weighted by Gasteiger charge is -2.64. The van der Waals surface area contributed by atoms with Crippen LogP contribution in [0.5, 0.6) is 11.5 Å². The van der Waals surface area contributed by atoms with Crippen LogP contribution in [0.1, 0.15) is 48.8 Å². The molecule has 2 aliphatic heterocycles. The molecule has 2 amide bonds. The van der Waals surface area contributed by atoms with Crippen LogP contribution in [0.25, 0.3) is 0 Å². The minimum Gasteiger partial charge on any atom is -0.504 e. The average molecular weight is 490 g/mol. The zero-order valence-electron chi connectivity index (χ0n) is 20.8. The summed E-state index contributed by atoms with van der Waals surface area (Å²) in [6.45, 7) is 2.43. The van der Waals surface area contributed by atoms with E-state index in [0.29, 0.717) is 25.1 Å². The summed E-state index contributed by atoms with van der Waals surface area (Å²) in [7, 11) is 1.83. The zero-order valence-corrected chi connectivity index (χ0v) is 20.8. The summed E-state index contributed by atoms with van der Waals surface area (Å²) in [6, 6.07) is 13.3. The van der Waals surface area contributed by atoms with Crippen LogP contribution in [0.4, 0.5) is 4.79 Å². The van der Waals surface area contributed by atoms with Crippen molar-refractivity contribution in [3.05, 3.63) is 59.2 Å². The second kappa shape index (κ2) is 7.86. The van der Waals surface area contributed by atoms with E-state index < -0.39 is 17.1 Å². The maximum Gasteiger partial charge on any atom is 0.317 e. The molecule has 7 nitrogen and oxygen atoms in total. The van der Waals surface area contributed by atoms with Crippen LogP contribution in [0.15, 0.2) is 42.5 Å². The average Bonchev–Trinajstić information content (AvgIpc) is 3.63. The van der Waals surface area contributed by atoms with E-state index in [2.05, 4.69) is 10.2 Å². The molecule has 2 bridgehead atoms. The van der Waals surface area contributed by atoms with Crippen LogP contribution in [-0.4, -0.2) is 70.0 Å². The summed E-state index contributed by atoms with van der Waals surface area (Å²) < 4.78 is 6.60. The number of likely N-dealkylation sites (N-methyl/N-ethyl adjacent to an activating group) is 1. The molecule has 2 aromatic carbocycles. The van der Waals surface area contributed by atoms with Crippen molar-refractivity contribution in [1.29, 1.82) is 0 Å². The van der Waals surface area contributed by atoms with E-state index in [4.69, 9.17) is 4.74 Å². The number of ether oxygens (including phenoxy) is 1. The van der Waals surface area contributed by atoms with Gasteiger partial charge in [0, 0.05) is 31.7 Å². The molecule has 1 saturated heterocycles. The van der Waals surface area contributed by atoms with Crippen LogP contribution < -0.4 is 10.1 Å². The standard InChI is InChI=1S/C29H35N3O4/c1-31(27(34)30-16-18-5-3-2-4-6-18)21-11-12-29(35)23-15-20-9-10-22(33)25-24(20)28(29,26(21)36-25)13-14-32(23)17-19-7-8-19/h2-6,9-10,19,21,23,26,33,35H,7-8,11-17H2,1H3,(H,30,34)/t21-,23-,26+,28+,29-/m1/s1. The van der Waals surface area contributed by atoms with Crippen molar-refractivity contribution in [2.24, 2.45) is 5.92 Å². The van der Waals surface area contributed by atoms with Crippen LogP contribution >= 0.6 is 0 Å². The zero-order chi connectivity index (χ0) is 24.7. The Labute approximate surface area is 212 Å². The summed E-state index contributed by atoms with van der Waals surface area (Å²) in [4.78, 5) is 17.6. The Bertz CT molecular complexity index is 1200. The lowest BCUT2D eigenvalue weighted by atomic mass is 9.48. The molecular formula is C29H35N3O4. The fourth-order valence-corrected chi connectivity index (χ4v) is 7.90. The Morgan fingerprint density at radius 1 is 1.17 bits per heavy atom. The number of nitrogens with zero attached hydrogens (tertiary/aromatic N) is 2. The third kappa shape index (κ3) is 3.02. The van der Waals surface area contributed by atoms with Crippen LogP contribution in [0.3, 0.4) is 0 Å². The van der Waals surface area contributed by atoms with Gasteiger partial charge in [-0.25, -0.2) is 4.79 Å². The summed E-state index contributed by atoms with van der Waals surface area (Å²) in [5.41, 5.74) is 1.68. The number of carbonyl (C=O) groups is 1. The minimum absolute atomic E-state index is 0.0408. The van der Waals surface area contributed by atoms with Gasteiger partial charge in [-0.3, -0.25) is 4.90 Å². The molecule has 3 fully saturated rings. The number of aliphatic hydroxyl groups is 1. The first kappa shape index (κ1) is 22.4. The second-order valence-electron chi connectivity index (χ2n) is 11.7. The van der Waals surface area contributed by atoms with E-state index in [-0.39, 0.29) is 23.9 Å². The molecule has 3 N–H and O–H groups in total. The summed E-state index contributed by atoms with van der Waals surface area (Å²) in [5, 5.41) is 26.4. The van der Waals surface area contributed by atoms with Crippen molar-refractivity contribution < 1.29 is 19.7 Å². The summed E-state index contributed by atoms with van der Waals surface area (Å²) in [5.74, 6) is 1.41. The van der Waals surface area contributed by atoms with E-state index in [0.717, 1.165) is 43.0 Å². The molecule has 2 saturated carbocycles. The van der Waals surface area contributed by atoms with Gasteiger partial charge in [-0.2, -0.15) is 0 Å².